The molecule has 5 nitrogen and oxygen atoms in total. The lowest BCUT2D eigenvalue weighted by molar-refractivity contribution is -0.139. The molecule has 1 saturated carbocycles. The van der Waals surface area contributed by atoms with Gasteiger partial charge >= 0.3 is 5.97 Å². The molecule has 1 fully saturated rings. The van der Waals surface area contributed by atoms with E-state index in [0.29, 0.717) is 5.92 Å². The van der Waals surface area contributed by atoms with E-state index in [4.69, 9.17) is 10.8 Å². The highest BCUT2D eigenvalue weighted by Gasteiger charge is 2.24. The molecule has 98 valence electrons. The molecular weight excluding hydrogens is 220 g/mol. The van der Waals surface area contributed by atoms with Crippen LogP contribution in [0.3, 0.4) is 0 Å². The Morgan fingerprint density at radius 3 is 2.65 bits per heavy atom. The summed E-state index contributed by atoms with van der Waals surface area (Å²) in [6.45, 7) is 2.12. The van der Waals surface area contributed by atoms with Gasteiger partial charge in [0.1, 0.15) is 0 Å². The molecule has 0 saturated heterocycles. The van der Waals surface area contributed by atoms with Crippen LogP contribution in [0.2, 0.25) is 0 Å². The molecule has 17 heavy (non-hydrogen) atoms. The molecule has 0 aromatic rings. The van der Waals surface area contributed by atoms with Gasteiger partial charge < -0.3 is 16.2 Å². The van der Waals surface area contributed by atoms with E-state index in [2.05, 4.69) is 12.2 Å². The second-order valence-electron chi connectivity index (χ2n) is 4.93. The Morgan fingerprint density at radius 1 is 1.35 bits per heavy atom. The highest BCUT2D eigenvalue weighted by Crippen LogP contribution is 2.22. The molecule has 1 amide bonds. The molecular formula is C12H22N2O3. The summed E-state index contributed by atoms with van der Waals surface area (Å²) in [7, 11) is 0. The number of carbonyl (C=O) groups excluding carboxylic acids is 1. The Balaban J connectivity index is 2.45. The summed E-state index contributed by atoms with van der Waals surface area (Å²) in [5, 5.41) is 11.5. The molecule has 0 aromatic carbocycles. The molecule has 4 N–H and O–H groups in total. The van der Waals surface area contributed by atoms with Gasteiger partial charge in [0.15, 0.2) is 0 Å². The van der Waals surface area contributed by atoms with E-state index in [9.17, 15) is 9.59 Å². The van der Waals surface area contributed by atoms with Crippen LogP contribution in [0, 0.1) is 5.92 Å². The van der Waals surface area contributed by atoms with Crippen LogP contribution in [0.25, 0.3) is 0 Å². The quantitative estimate of drug-likeness (QED) is 0.638. The standard InChI is InChI=1S/C12H22N2O3/c1-8-5-3-2-4-6-10(8)14-12(17)9(13)7-11(15)16/h8-10H,2-7,13H2,1H3,(H,14,17)(H,15,16). The first kappa shape index (κ1) is 14.0. The zero-order valence-corrected chi connectivity index (χ0v) is 10.3. The van der Waals surface area contributed by atoms with Crippen molar-refractivity contribution < 1.29 is 14.7 Å². The summed E-state index contributed by atoms with van der Waals surface area (Å²) >= 11 is 0. The fourth-order valence-electron chi connectivity index (χ4n) is 2.28. The molecule has 0 spiro atoms. The van der Waals surface area contributed by atoms with E-state index < -0.39 is 12.0 Å². The maximum atomic E-state index is 11.7. The van der Waals surface area contributed by atoms with Gasteiger partial charge in [-0.3, -0.25) is 9.59 Å². The summed E-state index contributed by atoms with van der Waals surface area (Å²) in [6.07, 6.45) is 5.29. The van der Waals surface area contributed by atoms with Gasteiger partial charge in [0.05, 0.1) is 12.5 Å². The van der Waals surface area contributed by atoms with E-state index >= 15 is 0 Å². The molecule has 3 unspecified atom stereocenters. The van der Waals surface area contributed by atoms with E-state index in [1.165, 1.54) is 12.8 Å². The van der Waals surface area contributed by atoms with Crippen LogP contribution in [0.4, 0.5) is 0 Å². The minimum absolute atomic E-state index is 0.143. The van der Waals surface area contributed by atoms with Crippen molar-refractivity contribution in [3.05, 3.63) is 0 Å². The van der Waals surface area contributed by atoms with Crippen LogP contribution in [0.5, 0.6) is 0 Å². The van der Waals surface area contributed by atoms with E-state index in [1.807, 2.05) is 0 Å². The van der Waals surface area contributed by atoms with Gasteiger partial charge in [0, 0.05) is 6.04 Å². The summed E-state index contributed by atoms with van der Waals surface area (Å²) < 4.78 is 0. The summed E-state index contributed by atoms with van der Waals surface area (Å²) in [5.74, 6) is -0.939. The smallest absolute Gasteiger partial charge is 0.305 e. The van der Waals surface area contributed by atoms with Crippen LogP contribution in [-0.4, -0.2) is 29.1 Å². The minimum atomic E-state index is -1.04. The molecule has 3 atom stereocenters. The number of hydrogen-bond donors (Lipinski definition) is 3. The van der Waals surface area contributed by atoms with Gasteiger partial charge in [-0.25, -0.2) is 0 Å². The maximum absolute atomic E-state index is 11.7. The first-order valence-electron chi connectivity index (χ1n) is 6.28. The van der Waals surface area contributed by atoms with Gasteiger partial charge in [-0.2, -0.15) is 0 Å². The molecule has 1 aliphatic carbocycles. The first-order valence-corrected chi connectivity index (χ1v) is 6.28. The largest absolute Gasteiger partial charge is 0.481 e. The van der Waals surface area contributed by atoms with Gasteiger partial charge in [0.25, 0.3) is 0 Å². The first-order chi connectivity index (χ1) is 8.00. The number of carboxylic acids is 1. The van der Waals surface area contributed by atoms with Gasteiger partial charge in [-0.15, -0.1) is 0 Å². The van der Waals surface area contributed by atoms with Crippen molar-refractivity contribution in [2.45, 2.75) is 57.5 Å². The summed E-state index contributed by atoms with van der Waals surface area (Å²) in [4.78, 5) is 22.2. The highest BCUT2D eigenvalue weighted by atomic mass is 16.4. The number of carboxylic acid groups (broad SMARTS) is 1. The number of nitrogens with two attached hydrogens (primary N) is 1. The second-order valence-corrected chi connectivity index (χ2v) is 4.93. The number of hydrogen-bond acceptors (Lipinski definition) is 3. The van der Waals surface area contributed by atoms with E-state index in [0.717, 1.165) is 19.3 Å². The zero-order chi connectivity index (χ0) is 12.8. The lowest BCUT2D eigenvalue weighted by Crippen LogP contribution is -2.48. The minimum Gasteiger partial charge on any atom is -0.481 e. The average molecular weight is 242 g/mol. The maximum Gasteiger partial charge on any atom is 0.305 e. The Labute approximate surface area is 102 Å². The van der Waals surface area contributed by atoms with Crippen LogP contribution in [-0.2, 0) is 9.59 Å². The van der Waals surface area contributed by atoms with Crippen molar-refractivity contribution in [2.75, 3.05) is 0 Å². The molecule has 0 bridgehead atoms. The highest BCUT2D eigenvalue weighted by molar-refractivity contribution is 5.86. The summed E-state index contributed by atoms with van der Waals surface area (Å²) in [6, 6.07) is -0.798. The van der Waals surface area contributed by atoms with Gasteiger partial charge in [-0.1, -0.05) is 26.2 Å². The molecule has 1 rings (SSSR count). The Hall–Kier alpha value is -1.10. The van der Waals surface area contributed by atoms with E-state index in [-0.39, 0.29) is 18.4 Å². The Morgan fingerprint density at radius 2 is 2.00 bits per heavy atom. The monoisotopic (exact) mass is 242 g/mol. The molecule has 1 aliphatic rings. The summed E-state index contributed by atoms with van der Waals surface area (Å²) in [5.41, 5.74) is 5.53. The van der Waals surface area contributed by atoms with Crippen molar-refractivity contribution in [1.29, 1.82) is 0 Å². The number of nitrogens with one attached hydrogen (secondary N) is 1. The topological polar surface area (TPSA) is 92.4 Å². The third-order valence-corrected chi connectivity index (χ3v) is 3.42. The Bertz CT molecular complexity index is 281. The van der Waals surface area contributed by atoms with Crippen molar-refractivity contribution >= 4 is 11.9 Å². The van der Waals surface area contributed by atoms with Crippen LogP contribution in [0.15, 0.2) is 0 Å². The molecule has 0 radical (unpaired) electrons. The van der Waals surface area contributed by atoms with Crippen molar-refractivity contribution in [1.82, 2.24) is 5.32 Å². The van der Waals surface area contributed by atoms with Crippen LogP contribution in [0.1, 0.15) is 45.4 Å². The predicted octanol–water partition coefficient (Wildman–Crippen LogP) is 0.873. The SMILES string of the molecule is CC1CCCCCC1NC(=O)C(N)CC(=O)O. The van der Waals surface area contributed by atoms with Crippen molar-refractivity contribution in [2.24, 2.45) is 11.7 Å². The number of rotatable bonds is 4. The molecule has 5 heteroatoms. The van der Waals surface area contributed by atoms with Gasteiger partial charge in [-0.05, 0) is 18.8 Å². The van der Waals surface area contributed by atoms with Gasteiger partial charge in [0.2, 0.25) is 5.91 Å². The predicted molar refractivity (Wildman–Crippen MR) is 64.4 cm³/mol. The van der Waals surface area contributed by atoms with Crippen molar-refractivity contribution in [3.8, 4) is 0 Å². The zero-order valence-electron chi connectivity index (χ0n) is 10.3. The third-order valence-electron chi connectivity index (χ3n) is 3.42. The number of carbonyl (C=O) groups is 2. The fraction of sp³-hybridized carbons (Fsp3) is 0.833. The second kappa shape index (κ2) is 6.59. The van der Waals surface area contributed by atoms with Crippen LogP contribution < -0.4 is 11.1 Å². The lowest BCUT2D eigenvalue weighted by Gasteiger charge is -2.24. The normalized spacial score (nSPS) is 26.9. The van der Waals surface area contributed by atoms with Crippen molar-refractivity contribution in [3.63, 3.8) is 0 Å². The third kappa shape index (κ3) is 4.73. The molecule has 0 heterocycles. The van der Waals surface area contributed by atoms with E-state index in [1.54, 1.807) is 0 Å². The fourth-order valence-corrected chi connectivity index (χ4v) is 2.28. The average Bonchev–Trinajstić information content (AvgIpc) is 2.43. The molecule has 0 aliphatic heterocycles. The lowest BCUT2D eigenvalue weighted by atomic mass is 9.96. The number of aliphatic carboxylic acids is 1. The number of amides is 1. The molecule has 0 aromatic heterocycles. The van der Waals surface area contributed by atoms with Crippen LogP contribution >= 0.6 is 0 Å². The Kier molecular flexibility index (Phi) is 5.41.